The Morgan fingerprint density at radius 2 is 1.40 bits per heavy atom. The van der Waals surface area contributed by atoms with E-state index in [1.165, 1.54) is 6.42 Å². The van der Waals surface area contributed by atoms with Gasteiger partial charge in [0.05, 0.1) is 0 Å². The Labute approximate surface area is 73.2 Å². The Morgan fingerprint density at radius 3 is 1.50 bits per heavy atom. The predicted octanol–water partition coefficient (Wildman–Crippen LogP) is 3.93. The molecule has 1 heteroatoms. The maximum absolute atomic E-state index is 3.25. The molecule has 0 saturated carbocycles. The first-order valence-corrected chi connectivity index (χ1v) is 4.75. The number of hydrogen-bond acceptors (Lipinski definition) is 0. The van der Waals surface area contributed by atoms with Gasteiger partial charge in [-0.2, -0.15) is 0 Å². The maximum Gasteiger partial charge on any atom is 0.00286 e. The second kappa shape index (κ2) is 16.0. The molecular weight excluding hydrogens is 188 g/mol. The quantitative estimate of drug-likeness (QED) is 0.473. The molecule has 0 atom stereocenters. The largest absolute Gasteiger partial charge is 0.0928 e. The number of hydrogen-bond donors (Lipinski definition) is 0. The summed E-state index contributed by atoms with van der Waals surface area (Å²) in [5, 5.41) is 1.13. The van der Waals surface area contributed by atoms with Gasteiger partial charge >= 0.3 is 0 Å². The zero-order valence-electron chi connectivity index (χ0n) is 7.10. The Morgan fingerprint density at radius 1 is 1.10 bits per heavy atom. The van der Waals surface area contributed by atoms with Crippen molar-refractivity contribution in [1.82, 2.24) is 0 Å². The molecule has 0 aliphatic heterocycles. The van der Waals surface area contributed by atoms with Crippen LogP contribution in [0.3, 0.4) is 0 Å². The van der Waals surface area contributed by atoms with Gasteiger partial charge in [0.2, 0.25) is 0 Å². The van der Waals surface area contributed by atoms with Crippen LogP contribution in [-0.4, -0.2) is 5.33 Å². The molecule has 0 fully saturated rings. The van der Waals surface area contributed by atoms with Crippen LogP contribution < -0.4 is 0 Å². The van der Waals surface area contributed by atoms with E-state index < -0.39 is 0 Å². The van der Waals surface area contributed by atoms with Crippen molar-refractivity contribution in [1.29, 1.82) is 0 Å². The standard InChI is InChI=1S/C6H10.C3H7Br/c1-3-5-6-4-2;1-2-3-4/h3-6H,1-2H3;2-3H2,1H3/b5-3-,6-4-;. The molecule has 0 rings (SSSR count). The Kier molecular flexibility index (Phi) is 20.2. The lowest BCUT2D eigenvalue weighted by atomic mass is 10.5. The van der Waals surface area contributed by atoms with Gasteiger partial charge in [-0.05, 0) is 20.3 Å². The minimum atomic E-state index is 1.13. The summed E-state index contributed by atoms with van der Waals surface area (Å²) in [5.41, 5.74) is 0. The van der Waals surface area contributed by atoms with E-state index in [0.29, 0.717) is 0 Å². The van der Waals surface area contributed by atoms with Gasteiger partial charge in [0.1, 0.15) is 0 Å². The molecule has 0 spiro atoms. The lowest BCUT2D eigenvalue weighted by molar-refractivity contribution is 1.12. The average molecular weight is 205 g/mol. The normalized spacial score (nSPS) is 10.0. The minimum Gasteiger partial charge on any atom is -0.0928 e. The van der Waals surface area contributed by atoms with Crippen molar-refractivity contribution in [3.05, 3.63) is 24.3 Å². The van der Waals surface area contributed by atoms with E-state index in [4.69, 9.17) is 0 Å². The van der Waals surface area contributed by atoms with Crippen molar-refractivity contribution in [3.8, 4) is 0 Å². The first kappa shape index (κ1) is 12.6. The molecule has 0 aromatic carbocycles. The molecule has 0 radical (unpaired) electrons. The van der Waals surface area contributed by atoms with Crippen LogP contribution in [0.25, 0.3) is 0 Å². The van der Waals surface area contributed by atoms with Crippen LogP contribution in [0.5, 0.6) is 0 Å². The molecule has 0 unspecified atom stereocenters. The summed E-state index contributed by atoms with van der Waals surface area (Å²) in [7, 11) is 0. The first-order valence-electron chi connectivity index (χ1n) is 3.63. The van der Waals surface area contributed by atoms with Gasteiger partial charge < -0.3 is 0 Å². The number of halogens is 1. The van der Waals surface area contributed by atoms with Crippen LogP contribution in [0, 0.1) is 0 Å². The second-order valence-electron chi connectivity index (χ2n) is 1.74. The fourth-order valence-corrected chi connectivity index (χ4v) is 0.222. The molecule has 0 N–H and O–H groups in total. The van der Waals surface area contributed by atoms with Crippen LogP contribution in [0.15, 0.2) is 24.3 Å². The highest BCUT2D eigenvalue weighted by Gasteiger charge is 1.58. The van der Waals surface area contributed by atoms with Crippen LogP contribution in [0.2, 0.25) is 0 Å². The third kappa shape index (κ3) is 24.6. The van der Waals surface area contributed by atoms with Gasteiger partial charge in [-0.25, -0.2) is 0 Å². The van der Waals surface area contributed by atoms with E-state index in [9.17, 15) is 0 Å². The Balaban J connectivity index is 0. The van der Waals surface area contributed by atoms with E-state index in [1.807, 2.05) is 38.2 Å². The Hall–Kier alpha value is -0.0400. The molecule has 0 amide bonds. The van der Waals surface area contributed by atoms with E-state index in [2.05, 4.69) is 22.9 Å². The van der Waals surface area contributed by atoms with Gasteiger partial charge in [0.25, 0.3) is 0 Å². The summed E-state index contributed by atoms with van der Waals surface area (Å²) >= 11 is 3.25. The lowest BCUT2D eigenvalue weighted by Gasteiger charge is -1.66. The molecule has 0 bridgehead atoms. The zero-order chi connectivity index (χ0) is 8.24. The summed E-state index contributed by atoms with van der Waals surface area (Å²) < 4.78 is 0. The molecule has 0 aromatic heterocycles. The van der Waals surface area contributed by atoms with E-state index in [1.54, 1.807) is 0 Å². The molecule has 0 nitrogen and oxygen atoms in total. The SMILES string of the molecule is C/C=C\C=C/C.CCCBr. The first-order chi connectivity index (χ1) is 4.83. The molecule has 0 heterocycles. The van der Waals surface area contributed by atoms with Crippen LogP contribution in [-0.2, 0) is 0 Å². The highest BCUT2D eigenvalue weighted by molar-refractivity contribution is 9.09. The Bertz CT molecular complexity index is 70.7. The fourth-order valence-electron chi connectivity index (χ4n) is 0.222. The fraction of sp³-hybridized carbons (Fsp3) is 0.556. The summed E-state index contributed by atoms with van der Waals surface area (Å²) in [5.74, 6) is 0. The molecule has 60 valence electrons. The van der Waals surface area contributed by atoms with Gasteiger partial charge in [-0.1, -0.05) is 47.2 Å². The molecule has 0 aliphatic carbocycles. The van der Waals surface area contributed by atoms with Crippen molar-refractivity contribution < 1.29 is 0 Å². The molecule has 0 aromatic rings. The molecule has 0 aliphatic rings. The van der Waals surface area contributed by atoms with E-state index in [-0.39, 0.29) is 0 Å². The van der Waals surface area contributed by atoms with Gasteiger partial charge in [0, 0.05) is 5.33 Å². The molecular formula is C9H17Br. The zero-order valence-corrected chi connectivity index (χ0v) is 8.69. The summed E-state index contributed by atoms with van der Waals surface area (Å²) in [4.78, 5) is 0. The summed E-state index contributed by atoms with van der Waals surface area (Å²) in [6.07, 6.45) is 9.24. The number of alkyl halides is 1. The minimum absolute atomic E-state index is 1.13. The number of allylic oxidation sites excluding steroid dienone is 4. The highest BCUT2D eigenvalue weighted by Crippen LogP contribution is 1.80. The highest BCUT2D eigenvalue weighted by atomic mass is 79.9. The van der Waals surface area contributed by atoms with Gasteiger partial charge in [-0.3, -0.25) is 0 Å². The van der Waals surface area contributed by atoms with E-state index in [0.717, 1.165) is 5.33 Å². The third-order valence-corrected chi connectivity index (χ3v) is 1.48. The van der Waals surface area contributed by atoms with Crippen LogP contribution in [0.1, 0.15) is 27.2 Å². The van der Waals surface area contributed by atoms with Gasteiger partial charge in [0.15, 0.2) is 0 Å². The van der Waals surface area contributed by atoms with E-state index >= 15 is 0 Å². The second-order valence-corrected chi connectivity index (χ2v) is 2.53. The van der Waals surface area contributed by atoms with Gasteiger partial charge in [-0.15, -0.1) is 0 Å². The van der Waals surface area contributed by atoms with Crippen LogP contribution >= 0.6 is 15.9 Å². The molecule has 0 saturated heterocycles. The monoisotopic (exact) mass is 204 g/mol. The van der Waals surface area contributed by atoms with Crippen molar-refractivity contribution in [2.24, 2.45) is 0 Å². The van der Waals surface area contributed by atoms with Crippen LogP contribution in [0.4, 0.5) is 0 Å². The average Bonchev–Trinajstić information content (AvgIpc) is 2.01. The lowest BCUT2D eigenvalue weighted by Crippen LogP contribution is -1.54. The molecule has 10 heavy (non-hydrogen) atoms. The topological polar surface area (TPSA) is 0 Å². The third-order valence-electron chi connectivity index (χ3n) is 0.685. The van der Waals surface area contributed by atoms with Crippen molar-refractivity contribution in [2.75, 3.05) is 5.33 Å². The smallest absolute Gasteiger partial charge is 0.00286 e. The maximum atomic E-state index is 3.25. The summed E-state index contributed by atoms with van der Waals surface area (Å²) in [6, 6.07) is 0. The van der Waals surface area contributed by atoms with Crippen molar-refractivity contribution in [3.63, 3.8) is 0 Å². The van der Waals surface area contributed by atoms with Crippen molar-refractivity contribution >= 4 is 15.9 Å². The summed E-state index contributed by atoms with van der Waals surface area (Å²) in [6.45, 7) is 6.13. The number of rotatable bonds is 2. The predicted molar refractivity (Wildman–Crippen MR) is 53.7 cm³/mol. The van der Waals surface area contributed by atoms with Crippen molar-refractivity contribution in [2.45, 2.75) is 27.2 Å².